The molecule has 0 unspecified atom stereocenters. The number of thiophene rings is 1. The third kappa shape index (κ3) is 4.43. The number of nitrogens with one attached hydrogen (secondary N) is 1. The van der Waals surface area contributed by atoms with Crippen LogP contribution in [0.3, 0.4) is 0 Å². The van der Waals surface area contributed by atoms with Gasteiger partial charge >= 0.3 is 0 Å². The van der Waals surface area contributed by atoms with Crippen LogP contribution in [-0.4, -0.2) is 39.9 Å². The number of anilines is 1. The number of aryl methyl sites for hydroxylation is 5. The number of rotatable bonds is 6. The fraction of sp³-hybridized carbons (Fsp3) is 0.364. The van der Waals surface area contributed by atoms with Gasteiger partial charge in [0, 0.05) is 30.6 Å². The lowest BCUT2D eigenvalue weighted by atomic mass is 10.1. The van der Waals surface area contributed by atoms with E-state index < -0.39 is 0 Å². The Hall–Kier alpha value is -3.00. The number of likely N-dealkylation sites (N-methyl/N-ethyl adjacent to an activating group) is 1. The molecule has 0 spiro atoms. The molecule has 3 rings (SSSR count). The smallest absolute Gasteiger partial charge is 0.262 e. The second-order valence-corrected chi connectivity index (χ2v) is 8.72. The number of aromatic nitrogens is 2. The van der Waals surface area contributed by atoms with E-state index >= 15 is 0 Å². The van der Waals surface area contributed by atoms with Crippen molar-refractivity contribution in [3.05, 3.63) is 56.4 Å². The van der Waals surface area contributed by atoms with E-state index in [0.29, 0.717) is 5.39 Å². The van der Waals surface area contributed by atoms with E-state index in [1.54, 1.807) is 7.05 Å². The molecule has 1 N–H and O–H groups in total. The van der Waals surface area contributed by atoms with Gasteiger partial charge in [0.25, 0.3) is 5.56 Å². The van der Waals surface area contributed by atoms with Crippen molar-refractivity contribution in [2.45, 2.75) is 40.7 Å². The zero-order valence-corrected chi connectivity index (χ0v) is 18.7. The van der Waals surface area contributed by atoms with Gasteiger partial charge in [-0.25, -0.2) is 4.98 Å². The van der Waals surface area contributed by atoms with Crippen molar-refractivity contribution in [3.63, 3.8) is 0 Å². The summed E-state index contributed by atoms with van der Waals surface area (Å²) in [4.78, 5) is 45.1. The molecule has 0 aliphatic rings. The summed E-state index contributed by atoms with van der Waals surface area (Å²) in [6.07, 6.45) is 1.60. The van der Waals surface area contributed by atoms with Gasteiger partial charge in [-0.2, -0.15) is 0 Å². The maximum absolute atomic E-state index is 12.7. The van der Waals surface area contributed by atoms with Gasteiger partial charge in [-0.15, -0.1) is 11.3 Å². The zero-order valence-electron chi connectivity index (χ0n) is 17.9. The fourth-order valence-electron chi connectivity index (χ4n) is 3.33. The van der Waals surface area contributed by atoms with Crippen LogP contribution in [-0.2, 0) is 16.1 Å². The Morgan fingerprint density at radius 2 is 1.83 bits per heavy atom. The van der Waals surface area contributed by atoms with Crippen molar-refractivity contribution in [1.29, 1.82) is 0 Å². The third-order valence-corrected chi connectivity index (χ3v) is 6.39. The highest BCUT2D eigenvalue weighted by Crippen LogP contribution is 2.25. The van der Waals surface area contributed by atoms with Crippen LogP contribution >= 0.6 is 11.3 Å². The number of carbonyl (C=O) groups is 2. The molecule has 2 aromatic heterocycles. The summed E-state index contributed by atoms with van der Waals surface area (Å²) in [5.74, 6) is -0.468. The number of nitrogens with zero attached hydrogens (tertiary/aromatic N) is 3. The molecular formula is C22H26N4O3S. The minimum Gasteiger partial charge on any atom is -0.336 e. The Kier molecular flexibility index (Phi) is 6.36. The minimum atomic E-state index is -0.257. The van der Waals surface area contributed by atoms with Crippen LogP contribution in [0, 0.1) is 27.7 Å². The SMILES string of the molecule is Cc1cccc(C)c1NC(=O)CN(C)C(=O)CCn1cnc2sc(C)c(C)c2c1=O. The Morgan fingerprint density at radius 1 is 1.17 bits per heavy atom. The lowest BCUT2D eigenvalue weighted by Crippen LogP contribution is -2.36. The van der Waals surface area contributed by atoms with Crippen LogP contribution < -0.4 is 10.9 Å². The Morgan fingerprint density at radius 3 is 2.50 bits per heavy atom. The van der Waals surface area contributed by atoms with Crippen LogP contribution in [0.1, 0.15) is 28.0 Å². The van der Waals surface area contributed by atoms with Crippen molar-refractivity contribution in [3.8, 4) is 0 Å². The Labute approximate surface area is 179 Å². The molecule has 0 aliphatic heterocycles. The third-order valence-electron chi connectivity index (χ3n) is 5.27. The Balaban J connectivity index is 1.61. The molecule has 3 aromatic rings. The molecule has 30 heavy (non-hydrogen) atoms. The lowest BCUT2D eigenvalue weighted by Gasteiger charge is -2.18. The molecule has 0 radical (unpaired) electrons. The quantitative estimate of drug-likeness (QED) is 0.656. The van der Waals surface area contributed by atoms with Crippen LogP contribution in [0.4, 0.5) is 5.69 Å². The van der Waals surface area contributed by atoms with Gasteiger partial charge < -0.3 is 10.2 Å². The molecule has 1 aromatic carbocycles. The van der Waals surface area contributed by atoms with Gasteiger partial charge in [0.15, 0.2) is 0 Å². The minimum absolute atomic E-state index is 0.0539. The average Bonchev–Trinajstić information content (AvgIpc) is 2.98. The molecule has 0 saturated heterocycles. The highest BCUT2D eigenvalue weighted by molar-refractivity contribution is 7.18. The molecular weight excluding hydrogens is 400 g/mol. The van der Waals surface area contributed by atoms with Crippen molar-refractivity contribution < 1.29 is 9.59 Å². The topological polar surface area (TPSA) is 84.3 Å². The first-order valence-electron chi connectivity index (χ1n) is 9.74. The summed E-state index contributed by atoms with van der Waals surface area (Å²) in [6.45, 7) is 7.90. The van der Waals surface area contributed by atoms with E-state index in [2.05, 4.69) is 10.3 Å². The van der Waals surface area contributed by atoms with Gasteiger partial charge in [0.2, 0.25) is 11.8 Å². The summed E-state index contributed by atoms with van der Waals surface area (Å²) in [5.41, 5.74) is 3.52. The number of hydrogen-bond acceptors (Lipinski definition) is 5. The summed E-state index contributed by atoms with van der Waals surface area (Å²) in [6, 6.07) is 5.79. The first-order valence-corrected chi connectivity index (χ1v) is 10.6. The van der Waals surface area contributed by atoms with E-state index in [0.717, 1.165) is 32.1 Å². The average molecular weight is 427 g/mol. The number of benzene rings is 1. The normalized spacial score (nSPS) is 11.0. The van der Waals surface area contributed by atoms with Gasteiger partial charge in [-0.1, -0.05) is 18.2 Å². The summed E-state index contributed by atoms with van der Waals surface area (Å²) >= 11 is 1.50. The van der Waals surface area contributed by atoms with Crippen molar-refractivity contribution in [2.24, 2.45) is 0 Å². The molecule has 0 saturated carbocycles. The van der Waals surface area contributed by atoms with Crippen LogP contribution in [0.2, 0.25) is 0 Å². The summed E-state index contributed by atoms with van der Waals surface area (Å²) in [7, 11) is 1.59. The maximum Gasteiger partial charge on any atom is 0.262 e. The molecule has 0 fully saturated rings. The molecule has 2 amide bonds. The second-order valence-electron chi connectivity index (χ2n) is 7.52. The van der Waals surface area contributed by atoms with Gasteiger partial charge in [0.05, 0.1) is 18.3 Å². The van der Waals surface area contributed by atoms with Crippen molar-refractivity contribution >= 4 is 39.1 Å². The first kappa shape index (κ1) is 21.7. The molecule has 0 atom stereocenters. The van der Waals surface area contributed by atoms with Crippen LogP contribution in [0.15, 0.2) is 29.3 Å². The lowest BCUT2D eigenvalue weighted by molar-refractivity contribution is -0.133. The second kappa shape index (κ2) is 8.79. The molecule has 0 aliphatic carbocycles. The predicted molar refractivity (Wildman–Crippen MR) is 120 cm³/mol. The monoisotopic (exact) mass is 426 g/mol. The molecule has 2 heterocycles. The van der Waals surface area contributed by atoms with Gasteiger partial charge in [-0.05, 0) is 44.4 Å². The summed E-state index contributed by atoms with van der Waals surface area (Å²) in [5, 5.41) is 3.50. The highest BCUT2D eigenvalue weighted by Gasteiger charge is 2.16. The number of amides is 2. The van der Waals surface area contributed by atoms with Crippen LogP contribution in [0.5, 0.6) is 0 Å². The van der Waals surface area contributed by atoms with E-state index in [1.807, 2.05) is 45.9 Å². The number of para-hydroxylation sites is 1. The molecule has 158 valence electrons. The number of carbonyl (C=O) groups excluding carboxylic acids is 2. The van der Waals surface area contributed by atoms with Crippen LogP contribution in [0.25, 0.3) is 10.2 Å². The van der Waals surface area contributed by atoms with Crippen molar-refractivity contribution in [2.75, 3.05) is 18.9 Å². The van der Waals surface area contributed by atoms with E-state index in [1.165, 1.54) is 27.1 Å². The van der Waals surface area contributed by atoms with Crippen molar-refractivity contribution in [1.82, 2.24) is 14.5 Å². The predicted octanol–water partition coefficient (Wildman–Crippen LogP) is 3.18. The Bertz CT molecular complexity index is 1160. The van der Waals surface area contributed by atoms with E-state index in [9.17, 15) is 14.4 Å². The molecule has 0 bridgehead atoms. The standard InChI is InChI=1S/C22H26N4O3S/c1-13-7-6-8-14(2)20(13)24-17(27)11-25(5)18(28)9-10-26-12-23-21-19(22(26)29)15(3)16(4)30-21/h6-8,12H,9-11H2,1-5H3,(H,24,27). The molecule has 8 heteroatoms. The number of fused-ring (bicyclic) bond motifs is 1. The number of hydrogen-bond donors (Lipinski definition) is 1. The fourth-order valence-corrected chi connectivity index (χ4v) is 4.32. The molecule has 7 nitrogen and oxygen atoms in total. The maximum atomic E-state index is 12.7. The first-order chi connectivity index (χ1) is 14.2. The highest BCUT2D eigenvalue weighted by atomic mass is 32.1. The van der Waals surface area contributed by atoms with Gasteiger partial charge in [-0.3, -0.25) is 19.0 Å². The van der Waals surface area contributed by atoms with E-state index in [4.69, 9.17) is 0 Å². The van der Waals surface area contributed by atoms with E-state index in [-0.39, 0.29) is 36.9 Å². The summed E-state index contributed by atoms with van der Waals surface area (Å²) < 4.78 is 1.46. The van der Waals surface area contributed by atoms with Gasteiger partial charge in [0.1, 0.15) is 4.83 Å². The zero-order chi connectivity index (χ0) is 22.0. The largest absolute Gasteiger partial charge is 0.336 e.